The topological polar surface area (TPSA) is 18.8 Å². The van der Waals surface area contributed by atoms with Crippen LogP contribution in [-0.4, -0.2) is 48.9 Å². The molecule has 0 atom stereocenters. The highest BCUT2D eigenvalue weighted by Crippen LogP contribution is 2.14. The van der Waals surface area contributed by atoms with E-state index in [4.69, 9.17) is 4.99 Å². The molecule has 1 fully saturated rings. The molecule has 0 aromatic carbocycles. The number of rotatable bonds is 0. The fraction of sp³-hybridized carbons (Fsp3) is 0.643. The second-order valence-electron chi connectivity index (χ2n) is 5.14. The van der Waals surface area contributed by atoms with Gasteiger partial charge in [0.05, 0.1) is 0 Å². The quantitative estimate of drug-likeness (QED) is 0.639. The Labute approximate surface area is 105 Å². The average molecular weight is 233 g/mol. The van der Waals surface area contributed by atoms with Crippen LogP contribution in [0.25, 0.3) is 0 Å². The van der Waals surface area contributed by atoms with E-state index in [0.29, 0.717) is 0 Å². The van der Waals surface area contributed by atoms with E-state index >= 15 is 0 Å². The summed E-state index contributed by atoms with van der Waals surface area (Å²) in [5.41, 5.74) is 2.59. The Morgan fingerprint density at radius 2 is 1.82 bits per heavy atom. The van der Waals surface area contributed by atoms with Gasteiger partial charge in [0.25, 0.3) is 0 Å². The van der Waals surface area contributed by atoms with E-state index in [-0.39, 0.29) is 0 Å². The summed E-state index contributed by atoms with van der Waals surface area (Å²) in [6.07, 6.45) is 6.78. The highest BCUT2D eigenvalue weighted by atomic mass is 15.3. The minimum Gasteiger partial charge on any atom is -0.354 e. The van der Waals surface area contributed by atoms with Crippen LogP contribution in [0.4, 0.5) is 0 Å². The van der Waals surface area contributed by atoms with E-state index in [1.165, 1.54) is 5.57 Å². The summed E-state index contributed by atoms with van der Waals surface area (Å²) in [5, 5.41) is 0. The van der Waals surface area contributed by atoms with E-state index in [0.717, 1.165) is 50.6 Å². The maximum atomic E-state index is 4.74. The van der Waals surface area contributed by atoms with E-state index in [1.54, 1.807) is 0 Å². The smallest absolute Gasteiger partial charge is 0.128 e. The van der Waals surface area contributed by atoms with Crippen LogP contribution in [-0.2, 0) is 0 Å². The number of piperazine rings is 1. The van der Waals surface area contributed by atoms with Crippen LogP contribution in [0, 0.1) is 0 Å². The van der Waals surface area contributed by atoms with Gasteiger partial charge in [-0.3, -0.25) is 0 Å². The van der Waals surface area contributed by atoms with Gasteiger partial charge in [-0.05, 0) is 39.8 Å². The molecule has 0 aromatic rings. The van der Waals surface area contributed by atoms with Crippen LogP contribution >= 0.6 is 0 Å². The predicted octanol–water partition coefficient (Wildman–Crippen LogP) is 2.28. The normalized spacial score (nSPS) is 32.6. The van der Waals surface area contributed by atoms with E-state index < -0.39 is 0 Å². The predicted molar refractivity (Wildman–Crippen MR) is 73.3 cm³/mol. The summed E-state index contributed by atoms with van der Waals surface area (Å²) < 4.78 is 0. The van der Waals surface area contributed by atoms with Crippen molar-refractivity contribution < 1.29 is 0 Å². The molecule has 0 aromatic heterocycles. The van der Waals surface area contributed by atoms with Crippen molar-refractivity contribution in [2.24, 2.45) is 4.99 Å². The van der Waals surface area contributed by atoms with Gasteiger partial charge in [-0.2, -0.15) is 0 Å². The molecule has 0 N–H and O–H groups in total. The van der Waals surface area contributed by atoms with Crippen LogP contribution in [0.2, 0.25) is 0 Å². The summed E-state index contributed by atoms with van der Waals surface area (Å²) in [4.78, 5) is 9.53. The Morgan fingerprint density at radius 1 is 1.12 bits per heavy atom. The summed E-state index contributed by atoms with van der Waals surface area (Å²) in [6.45, 7) is 8.76. The molecule has 2 aliphatic heterocycles. The van der Waals surface area contributed by atoms with E-state index in [9.17, 15) is 0 Å². The Kier molecular flexibility index (Phi) is 4.00. The van der Waals surface area contributed by atoms with Crippen molar-refractivity contribution in [1.82, 2.24) is 9.80 Å². The third-order valence-electron chi connectivity index (χ3n) is 3.47. The summed E-state index contributed by atoms with van der Waals surface area (Å²) in [7, 11) is 2.18. The Morgan fingerprint density at radius 3 is 2.53 bits per heavy atom. The molecular formula is C14H23N3. The van der Waals surface area contributed by atoms with Crippen molar-refractivity contribution in [3.8, 4) is 0 Å². The summed E-state index contributed by atoms with van der Waals surface area (Å²) >= 11 is 0. The Hall–Kier alpha value is -1.09. The zero-order valence-electron chi connectivity index (χ0n) is 11.2. The first-order valence-corrected chi connectivity index (χ1v) is 6.51. The zero-order chi connectivity index (χ0) is 12.3. The lowest BCUT2D eigenvalue weighted by Gasteiger charge is -2.34. The summed E-state index contributed by atoms with van der Waals surface area (Å²) in [6, 6.07) is 0. The van der Waals surface area contributed by atoms with Gasteiger partial charge >= 0.3 is 0 Å². The first-order chi connectivity index (χ1) is 8.15. The fourth-order valence-electron chi connectivity index (χ4n) is 2.26. The molecule has 3 nitrogen and oxygen atoms in total. The van der Waals surface area contributed by atoms with E-state index in [1.807, 2.05) is 0 Å². The first kappa shape index (κ1) is 12.4. The molecule has 2 aliphatic rings. The number of hydrogen-bond donors (Lipinski definition) is 0. The van der Waals surface area contributed by atoms with Gasteiger partial charge in [-0.15, -0.1) is 0 Å². The van der Waals surface area contributed by atoms with Crippen LogP contribution in [0.5, 0.6) is 0 Å². The second kappa shape index (κ2) is 5.50. The molecular weight excluding hydrogens is 210 g/mol. The molecule has 0 radical (unpaired) electrons. The van der Waals surface area contributed by atoms with Gasteiger partial charge in [0, 0.05) is 31.9 Å². The molecule has 0 bridgehead atoms. The van der Waals surface area contributed by atoms with Crippen molar-refractivity contribution in [2.45, 2.75) is 26.7 Å². The third kappa shape index (κ3) is 3.43. The van der Waals surface area contributed by atoms with Crippen molar-refractivity contribution in [2.75, 3.05) is 33.2 Å². The Balaban J connectivity index is 2.15. The molecule has 2 rings (SSSR count). The van der Waals surface area contributed by atoms with Crippen LogP contribution < -0.4 is 0 Å². The second-order valence-corrected chi connectivity index (χ2v) is 5.14. The minimum atomic E-state index is 1.09. The molecule has 3 heteroatoms. The van der Waals surface area contributed by atoms with Crippen molar-refractivity contribution in [1.29, 1.82) is 0 Å². The molecule has 94 valence electrons. The lowest BCUT2D eigenvalue weighted by molar-refractivity contribution is 0.216. The van der Waals surface area contributed by atoms with E-state index in [2.05, 4.69) is 42.8 Å². The van der Waals surface area contributed by atoms with Gasteiger partial charge in [-0.1, -0.05) is 11.6 Å². The number of hydrogen-bond acceptors (Lipinski definition) is 3. The number of nitrogens with zero attached hydrogens (tertiary/aromatic N) is 3. The maximum absolute atomic E-state index is 4.74. The van der Waals surface area contributed by atoms with Crippen LogP contribution in [0.1, 0.15) is 26.7 Å². The monoisotopic (exact) mass is 233 g/mol. The number of aliphatic imine (C=N–C) groups is 1. The molecule has 0 spiro atoms. The zero-order valence-corrected chi connectivity index (χ0v) is 11.2. The number of amidine groups is 1. The highest BCUT2D eigenvalue weighted by Gasteiger charge is 2.16. The standard InChI is InChI=1S/C14H23N3/c1-12-5-4-6-13(2)15-14(11-12)17-9-7-16(3)8-10-17/h6,11H,4-5,7-10H2,1-3H3/b12-11+,13-6-,15-14+. The highest BCUT2D eigenvalue weighted by molar-refractivity contribution is 5.94. The Bertz CT molecular complexity index is 358. The lowest BCUT2D eigenvalue weighted by Crippen LogP contribution is -2.46. The number of likely N-dealkylation sites (N-methyl/N-ethyl adjacent to an activating group) is 1. The first-order valence-electron chi connectivity index (χ1n) is 6.51. The van der Waals surface area contributed by atoms with Gasteiger partial charge in [0.1, 0.15) is 5.84 Å². The van der Waals surface area contributed by atoms with Gasteiger partial charge < -0.3 is 9.80 Å². The van der Waals surface area contributed by atoms with Crippen molar-refractivity contribution >= 4 is 5.84 Å². The molecule has 2 heterocycles. The van der Waals surface area contributed by atoms with Crippen LogP contribution in [0.15, 0.2) is 28.4 Å². The average Bonchev–Trinajstić information content (AvgIpc) is 2.27. The third-order valence-corrected chi connectivity index (χ3v) is 3.47. The maximum Gasteiger partial charge on any atom is 0.128 e. The summed E-state index contributed by atoms with van der Waals surface area (Å²) in [5.74, 6) is 1.16. The molecule has 1 saturated heterocycles. The largest absolute Gasteiger partial charge is 0.354 e. The molecule has 0 amide bonds. The minimum absolute atomic E-state index is 1.09. The molecule has 0 saturated carbocycles. The van der Waals surface area contributed by atoms with Crippen LogP contribution in [0.3, 0.4) is 0 Å². The van der Waals surface area contributed by atoms with Crippen molar-refractivity contribution in [3.63, 3.8) is 0 Å². The van der Waals surface area contributed by atoms with Gasteiger partial charge in [0.2, 0.25) is 0 Å². The molecule has 0 unspecified atom stereocenters. The molecule has 0 aliphatic carbocycles. The van der Waals surface area contributed by atoms with Gasteiger partial charge in [-0.25, -0.2) is 4.99 Å². The molecule has 17 heavy (non-hydrogen) atoms. The number of allylic oxidation sites excluding steroid dienone is 3. The van der Waals surface area contributed by atoms with Crippen molar-refractivity contribution in [3.05, 3.63) is 23.4 Å². The lowest BCUT2D eigenvalue weighted by atomic mass is 10.1. The van der Waals surface area contributed by atoms with Gasteiger partial charge in [0.15, 0.2) is 0 Å². The fourth-order valence-corrected chi connectivity index (χ4v) is 2.26. The SMILES string of the molecule is CC1=C/CC/C(C)=C/C(N2CCN(C)CC2)=N\1.